The molecule has 3 aromatic carbocycles. The molecule has 1 fully saturated rings. The molecule has 1 aromatic heterocycles. The smallest absolute Gasteiger partial charge is 0.325 e. The van der Waals surface area contributed by atoms with Crippen LogP contribution in [0.5, 0.6) is 0 Å². The van der Waals surface area contributed by atoms with E-state index in [1.807, 2.05) is 24.3 Å². The molecule has 4 aromatic rings. The summed E-state index contributed by atoms with van der Waals surface area (Å²) in [6, 6.07) is 23.7. The largest absolute Gasteiger partial charge is 0.456 e. The molecule has 0 radical (unpaired) electrons. The third kappa shape index (κ3) is 4.86. The van der Waals surface area contributed by atoms with E-state index in [0.717, 1.165) is 29.4 Å². The van der Waals surface area contributed by atoms with E-state index >= 15 is 0 Å². The molecule has 0 amide bonds. The highest BCUT2D eigenvalue weighted by molar-refractivity contribution is 7.51. The molecule has 3 N–H and O–H groups in total. The van der Waals surface area contributed by atoms with E-state index in [2.05, 4.69) is 41.7 Å². The van der Waals surface area contributed by atoms with Crippen LogP contribution >= 0.6 is 7.60 Å². The summed E-state index contributed by atoms with van der Waals surface area (Å²) in [6.45, 7) is 0.869. The van der Waals surface area contributed by atoms with E-state index in [4.69, 9.17) is 14.2 Å². The van der Waals surface area contributed by atoms with Crippen LogP contribution in [0.2, 0.25) is 0 Å². The van der Waals surface area contributed by atoms with E-state index in [9.17, 15) is 8.96 Å². The van der Waals surface area contributed by atoms with Crippen molar-refractivity contribution in [1.29, 1.82) is 0 Å². The number of nitrogens with one attached hydrogen (secondary N) is 1. The van der Waals surface area contributed by atoms with Gasteiger partial charge < -0.3 is 19.5 Å². The van der Waals surface area contributed by atoms with Crippen LogP contribution in [0.1, 0.15) is 36.0 Å². The van der Waals surface area contributed by atoms with Gasteiger partial charge in [0.15, 0.2) is 0 Å². The average Bonchev–Trinajstić information content (AvgIpc) is 3.52. The van der Waals surface area contributed by atoms with E-state index in [1.54, 1.807) is 6.07 Å². The van der Waals surface area contributed by atoms with Crippen LogP contribution < -0.4 is 5.32 Å². The van der Waals surface area contributed by atoms with E-state index in [0.29, 0.717) is 30.8 Å². The van der Waals surface area contributed by atoms with Gasteiger partial charge in [-0.15, -0.1) is 0 Å². The van der Waals surface area contributed by atoms with Gasteiger partial charge in [0.05, 0.1) is 11.7 Å². The van der Waals surface area contributed by atoms with Crippen molar-refractivity contribution >= 4 is 18.6 Å². The molecule has 0 bridgehead atoms. The third-order valence-corrected chi connectivity index (χ3v) is 7.48. The van der Waals surface area contributed by atoms with Crippen molar-refractivity contribution in [2.45, 2.75) is 31.2 Å². The summed E-state index contributed by atoms with van der Waals surface area (Å²) in [5, 5.41) is 4.05. The van der Waals surface area contributed by atoms with Crippen molar-refractivity contribution in [3.05, 3.63) is 95.3 Å². The molecule has 1 aliphatic rings. The second-order valence-electron chi connectivity index (χ2n) is 9.04. The molecule has 0 spiro atoms. The van der Waals surface area contributed by atoms with Crippen LogP contribution in [0.3, 0.4) is 0 Å². The molecular formula is C27H27FNO4P. The summed E-state index contributed by atoms with van der Waals surface area (Å²) in [6.07, 6.45) is 2.44. The maximum absolute atomic E-state index is 14.9. The predicted molar refractivity (Wildman–Crippen MR) is 131 cm³/mol. The van der Waals surface area contributed by atoms with Crippen LogP contribution in [0, 0.1) is 5.82 Å². The number of hydrogen-bond donors (Lipinski definition) is 3. The lowest BCUT2D eigenvalue weighted by molar-refractivity contribution is 0.371. The first-order chi connectivity index (χ1) is 16.3. The second kappa shape index (κ2) is 9.12. The van der Waals surface area contributed by atoms with Crippen molar-refractivity contribution in [2.75, 3.05) is 12.7 Å². The summed E-state index contributed by atoms with van der Waals surface area (Å²) in [4.78, 5) is 17.8. The van der Waals surface area contributed by atoms with Gasteiger partial charge in [-0.3, -0.25) is 4.57 Å². The molecule has 1 saturated carbocycles. The molecule has 0 unspecified atom stereocenters. The zero-order valence-electron chi connectivity index (χ0n) is 18.7. The lowest BCUT2D eigenvalue weighted by Gasteiger charge is -2.16. The molecule has 0 saturated heterocycles. The number of hydrogen-bond acceptors (Lipinski definition) is 3. The second-order valence-corrected chi connectivity index (χ2v) is 10.8. The highest BCUT2D eigenvalue weighted by Crippen LogP contribution is 2.54. The zero-order chi connectivity index (χ0) is 23.8. The molecule has 5 nitrogen and oxygen atoms in total. The Kier molecular flexibility index (Phi) is 6.17. The highest BCUT2D eigenvalue weighted by Gasteiger charge is 2.45. The molecule has 34 heavy (non-hydrogen) atoms. The Hall–Kier alpha value is -2.76. The monoisotopic (exact) mass is 479 g/mol. The molecule has 0 atom stereocenters. The minimum absolute atomic E-state index is 0.0675. The third-order valence-electron chi connectivity index (χ3n) is 6.58. The van der Waals surface area contributed by atoms with Gasteiger partial charge in [0, 0.05) is 17.3 Å². The Labute approximate surface area is 197 Å². The lowest BCUT2D eigenvalue weighted by Crippen LogP contribution is -2.15. The molecule has 0 aliphatic heterocycles. The van der Waals surface area contributed by atoms with Crippen LogP contribution in [0.4, 0.5) is 4.39 Å². The van der Waals surface area contributed by atoms with E-state index in [-0.39, 0.29) is 17.4 Å². The fraction of sp³-hybridized carbons (Fsp3) is 0.259. The SMILES string of the molecule is O=P(O)(O)CCCNCc1ccc(-c2cc3cc(C4(c5ccccc5)CC4)ccc3o2)c(F)c1. The first-order valence-corrected chi connectivity index (χ1v) is 13.3. The van der Waals surface area contributed by atoms with Gasteiger partial charge in [-0.2, -0.15) is 0 Å². The Balaban J connectivity index is 1.31. The van der Waals surface area contributed by atoms with Crippen LogP contribution in [-0.2, 0) is 16.5 Å². The summed E-state index contributed by atoms with van der Waals surface area (Å²) in [5.74, 6) is 0.132. The minimum Gasteiger partial charge on any atom is -0.456 e. The van der Waals surface area contributed by atoms with Gasteiger partial charge in [0.25, 0.3) is 0 Å². The standard InChI is InChI=1S/C27H27FNO4P/c28-24-15-19(18-29-13-4-14-34(30,31)32)7-9-23(24)26-17-20-16-22(8-10-25(20)33-26)27(11-12-27)21-5-2-1-3-6-21/h1-3,5-10,15-17,29H,4,11-14,18H2,(H2,30,31,32). The van der Waals surface area contributed by atoms with Crippen LogP contribution in [0.15, 0.2) is 77.2 Å². The van der Waals surface area contributed by atoms with Crippen LogP contribution in [0.25, 0.3) is 22.3 Å². The minimum atomic E-state index is -3.97. The highest BCUT2D eigenvalue weighted by atomic mass is 31.2. The van der Waals surface area contributed by atoms with Gasteiger partial charge in [-0.05, 0) is 72.8 Å². The molecule has 7 heteroatoms. The molecule has 176 valence electrons. The van der Waals surface area contributed by atoms with Gasteiger partial charge in [-0.25, -0.2) is 4.39 Å². The van der Waals surface area contributed by atoms with Gasteiger partial charge >= 0.3 is 7.60 Å². The van der Waals surface area contributed by atoms with Crippen molar-refractivity contribution in [3.63, 3.8) is 0 Å². The van der Waals surface area contributed by atoms with Crippen LogP contribution in [-0.4, -0.2) is 22.5 Å². The van der Waals surface area contributed by atoms with Crippen molar-refractivity contribution in [1.82, 2.24) is 5.32 Å². The fourth-order valence-electron chi connectivity index (χ4n) is 4.61. The summed E-state index contributed by atoms with van der Waals surface area (Å²) in [5.41, 5.74) is 4.56. The molecule has 1 heterocycles. The summed E-state index contributed by atoms with van der Waals surface area (Å²) in [7, 11) is -3.97. The number of furan rings is 1. The molecular weight excluding hydrogens is 452 g/mol. The van der Waals surface area contributed by atoms with Crippen molar-refractivity contribution < 1.29 is 23.2 Å². The predicted octanol–water partition coefficient (Wildman–Crippen LogP) is 5.98. The van der Waals surface area contributed by atoms with Crippen molar-refractivity contribution in [3.8, 4) is 11.3 Å². The van der Waals surface area contributed by atoms with Gasteiger partial charge in [-0.1, -0.05) is 42.5 Å². The average molecular weight is 479 g/mol. The first-order valence-electron chi connectivity index (χ1n) is 11.5. The first kappa shape index (κ1) is 23.0. The summed E-state index contributed by atoms with van der Waals surface area (Å²) >= 11 is 0. The van der Waals surface area contributed by atoms with Gasteiger partial charge in [0.1, 0.15) is 17.2 Å². The maximum Gasteiger partial charge on any atom is 0.325 e. The lowest BCUT2D eigenvalue weighted by atomic mass is 9.87. The Morgan fingerprint density at radius 3 is 2.47 bits per heavy atom. The zero-order valence-corrected chi connectivity index (χ0v) is 19.6. The maximum atomic E-state index is 14.9. The Bertz CT molecular complexity index is 1360. The fourth-order valence-corrected chi connectivity index (χ4v) is 5.18. The van der Waals surface area contributed by atoms with E-state index in [1.165, 1.54) is 17.2 Å². The Morgan fingerprint density at radius 2 is 1.76 bits per heavy atom. The Morgan fingerprint density at radius 1 is 0.971 bits per heavy atom. The number of benzene rings is 3. The molecule has 5 rings (SSSR count). The van der Waals surface area contributed by atoms with Gasteiger partial charge in [0.2, 0.25) is 0 Å². The number of fused-ring (bicyclic) bond motifs is 1. The topological polar surface area (TPSA) is 82.7 Å². The number of halogens is 1. The normalized spacial score (nSPS) is 15.0. The van der Waals surface area contributed by atoms with E-state index < -0.39 is 7.60 Å². The van der Waals surface area contributed by atoms with Crippen molar-refractivity contribution in [2.24, 2.45) is 0 Å². The number of rotatable bonds is 9. The summed E-state index contributed by atoms with van der Waals surface area (Å²) < 4.78 is 31.8. The molecule has 1 aliphatic carbocycles. The quantitative estimate of drug-likeness (QED) is 0.203.